The highest BCUT2D eigenvalue weighted by molar-refractivity contribution is 5.63. The van der Waals surface area contributed by atoms with Gasteiger partial charge in [0.05, 0.1) is 5.69 Å². The van der Waals surface area contributed by atoms with Crippen LogP contribution in [0.1, 0.15) is 52.7 Å². The van der Waals surface area contributed by atoms with Gasteiger partial charge < -0.3 is 5.11 Å². The number of aromatic hydroxyl groups is 1. The van der Waals surface area contributed by atoms with Gasteiger partial charge in [0.2, 0.25) is 0 Å². The Morgan fingerprint density at radius 2 is 1.41 bits per heavy atom. The summed E-state index contributed by atoms with van der Waals surface area (Å²) in [7, 11) is 0. The molecule has 117 valence electrons. The molecule has 0 unspecified atom stereocenters. The molecule has 0 amide bonds. The normalized spacial score (nSPS) is 12.3. The molecular weight excluding hydrogens is 270 g/mol. The molecule has 0 aromatic heterocycles. The van der Waals surface area contributed by atoms with Gasteiger partial charge in [-0.2, -0.15) is 0 Å². The summed E-state index contributed by atoms with van der Waals surface area (Å²) in [5, 5.41) is 15.3. The Morgan fingerprint density at radius 1 is 0.818 bits per heavy atom. The third-order valence-corrected chi connectivity index (χ3v) is 3.77. The average molecular weight is 296 g/mol. The molecule has 22 heavy (non-hydrogen) atoms. The first kappa shape index (κ1) is 16.4. The highest BCUT2D eigenvalue weighted by atomic mass is 16.3. The Kier molecular flexibility index (Phi) is 4.23. The predicted octanol–water partition coefficient (Wildman–Crippen LogP) is 5.55. The van der Waals surface area contributed by atoms with Crippen LogP contribution in [0.25, 0.3) is 0 Å². The van der Waals surface area contributed by atoms with Crippen molar-refractivity contribution in [3.63, 3.8) is 0 Å². The Morgan fingerprint density at radius 3 is 1.91 bits per heavy atom. The first-order valence-corrected chi connectivity index (χ1v) is 7.74. The molecule has 2 nitrogen and oxygen atoms in total. The van der Waals surface area contributed by atoms with E-state index >= 15 is 0 Å². The minimum absolute atomic E-state index is 0.00859. The number of hydrogen-bond acceptors (Lipinski definition) is 1. The molecular formula is C20H26NO. The van der Waals surface area contributed by atoms with Gasteiger partial charge in [-0.1, -0.05) is 65.8 Å². The van der Waals surface area contributed by atoms with Crippen LogP contribution in [0.2, 0.25) is 0 Å². The molecule has 0 saturated carbocycles. The average Bonchev–Trinajstić information content (AvgIpc) is 2.39. The largest absolute Gasteiger partial charge is 0.505 e. The molecule has 0 aliphatic carbocycles. The number of benzene rings is 2. The minimum atomic E-state index is -0.133. The molecule has 0 aliphatic heterocycles. The number of nitrogens with zero attached hydrogens (tertiary/aromatic N) is 1. The van der Waals surface area contributed by atoms with Crippen LogP contribution in [0.15, 0.2) is 42.5 Å². The lowest BCUT2D eigenvalue weighted by Crippen LogP contribution is -2.17. The zero-order chi connectivity index (χ0) is 16.5. The van der Waals surface area contributed by atoms with Gasteiger partial charge in [-0.25, -0.2) is 5.32 Å². The van der Waals surface area contributed by atoms with Crippen LogP contribution in [0.5, 0.6) is 5.75 Å². The molecule has 2 heteroatoms. The van der Waals surface area contributed by atoms with Crippen LogP contribution in [0.4, 0.5) is 11.4 Å². The van der Waals surface area contributed by atoms with Crippen molar-refractivity contribution in [2.75, 3.05) is 0 Å². The molecule has 0 saturated heterocycles. The lowest BCUT2D eigenvalue weighted by molar-refractivity contribution is 0.444. The molecule has 0 aliphatic rings. The molecule has 0 bridgehead atoms. The summed E-state index contributed by atoms with van der Waals surface area (Å²) < 4.78 is 0. The summed E-state index contributed by atoms with van der Waals surface area (Å²) in [5.41, 5.74) is 3.49. The Balaban J connectivity index is 2.57. The molecule has 0 heterocycles. The van der Waals surface area contributed by atoms with Crippen molar-refractivity contribution < 1.29 is 5.11 Å². The van der Waals surface area contributed by atoms with E-state index in [1.54, 1.807) is 0 Å². The maximum atomic E-state index is 10.7. The smallest absolute Gasteiger partial charge is 0.144 e. The van der Waals surface area contributed by atoms with E-state index < -0.39 is 0 Å². The van der Waals surface area contributed by atoms with Crippen molar-refractivity contribution in [1.29, 1.82) is 0 Å². The van der Waals surface area contributed by atoms with Crippen LogP contribution >= 0.6 is 0 Å². The fourth-order valence-electron chi connectivity index (χ4n) is 2.35. The lowest BCUT2D eigenvalue weighted by atomic mass is 9.79. The van der Waals surface area contributed by atoms with Crippen LogP contribution in [0.3, 0.4) is 0 Å². The third kappa shape index (κ3) is 3.62. The minimum Gasteiger partial charge on any atom is -0.505 e. The summed E-state index contributed by atoms with van der Waals surface area (Å²) >= 11 is 0. The van der Waals surface area contributed by atoms with Crippen molar-refractivity contribution in [3.05, 3.63) is 53.6 Å². The number of phenolic OH excluding ortho intramolecular Hbond substituents is 1. The maximum Gasteiger partial charge on any atom is 0.144 e. The van der Waals surface area contributed by atoms with E-state index in [4.69, 9.17) is 0 Å². The second kappa shape index (κ2) is 5.68. The van der Waals surface area contributed by atoms with E-state index in [-0.39, 0.29) is 16.6 Å². The first-order valence-electron chi connectivity index (χ1n) is 7.74. The van der Waals surface area contributed by atoms with E-state index in [2.05, 4.69) is 52.9 Å². The Bertz CT molecular complexity index is 646. The lowest BCUT2D eigenvalue weighted by Gasteiger charge is -2.27. The molecule has 2 aromatic rings. The highest BCUT2D eigenvalue weighted by Crippen LogP contribution is 2.41. The predicted molar refractivity (Wildman–Crippen MR) is 93.4 cm³/mol. The third-order valence-electron chi connectivity index (χ3n) is 3.77. The summed E-state index contributed by atoms with van der Waals surface area (Å²) in [4.78, 5) is 0. The van der Waals surface area contributed by atoms with Gasteiger partial charge in [0.25, 0.3) is 0 Å². The Hall–Kier alpha value is -1.96. The summed E-state index contributed by atoms with van der Waals surface area (Å²) in [6, 6.07) is 13.9. The summed E-state index contributed by atoms with van der Waals surface area (Å²) in [6.07, 6.45) is 0. The summed E-state index contributed by atoms with van der Waals surface area (Å²) in [5.74, 6) is 0.282. The first-order chi connectivity index (χ1) is 10.1. The number of hydrogen-bond donors (Lipinski definition) is 1. The maximum absolute atomic E-state index is 10.7. The van der Waals surface area contributed by atoms with Gasteiger partial charge in [-0.3, -0.25) is 0 Å². The molecule has 1 radical (unpaired) electrons. The molecule has 0 fully saturated rings. The standard InChI is InChI=1S/C20H26NO/c1-19(2,3)14-12-16(20(4,5)6)18(22)17(13-14)21-15-10-8-7-9-11-15/h7-13,22H,1-6H3. The number of para-hydroxylation sites is 1. The molecule has 0 spiro atoms. The van der Waals surface area contributed by atoms with Crippen molar-refractivity contribution in [2.24, 2.45) is 0 Å². The fourth-order valence-corrected chi connectivity index (χ4v) is 2.35. The zero-order valence-corrected chi connectivity index (χ0v) is 14.4. The quantitative estimate of drug-likeness (QED) is 0.774. The van der Waals surface area contributed by atoms with Crippen molar-refractivity contribution in [3.8, 4) is 5.75 Å². The van der Waals surface area contributed by atoms with Crippen LogP contribution < -0.4 is 5.32 Å². The van der Waals surface area contributed by atoms with Crippen molar-refractivity contribution >= 4 is 11.4 Å². The van der Waals surface area contributed by atoms with E-state index in [0.717, 1.165) is 11.3 Å². The van der Waals surface area contributed by atoms with Gasteiger partial charge in [-0.15, -0.1) is 0 Å². The van der Waals surface area contributed by atoms with Gasteiger partial charge in [-0.05, 0) is 34.6 Å². The van der Waals surface area contributed by atoms with Gasteiger partial charge >= 0.3 is 0 Å². The number of rotatable bonds is 2. The second-order valence-corrected chi connectivity index (χ2v) is 7.84. The van der Waals surface area contributed by atoms with Gasteiger partial charge in [0, 0.05) is 5.56 Å². The van der Waals surface area contributed by atoms with Gasteiger partial charge in [0.15, 0.2) is 0 Å². The summed E-state index contributed by atoms with van der Waals surface area (Å²) in [6.45, 7) is 12.9. The van der Waals surface area contributed by atoms with E-state index in [1.807, 2.05) is 36.4 Å². The van der Waals surface area contributed by atoms with Crippen LogP contribution in [-0.4, -0.2) is 5.11 Å². The van der Waals surface area contributed by atoms with Crippen molar-refractivity contribution in [2.45, 2.75) is 52.4 Å². The zero-order valence-electron chi connectivity index (χ0n) is 14.4. The van der Waals surface area contributed by atoms with E-state index in [0.29, 0.717) is 5.69 Å². The molecule has 1 N–H and O–H groups in total. The van der Waals surface area contributed by atoms with Crippen LogP contribution in [0, 0.1) is 0 Å². The molecule has 2 rings (SSSR count). The monoisotopic (exact) mass is 296 g/mol. The van der Waals surface area contributed by atoms with Crippen LogP contribution in [-0.2, 0) is 10.8 Å². The topological polar surface area (TPSA) is 34.3 Å². The second-order valence-electron chi connectivity index (χ2n) is 7.84. The van der Waals surface area contributed by atoms with E-state index in [9.17, 15) is 5.11 Å². The fraction of sp³-hybridized carbons (Fsp3) is 0.400. The SMILES string of the molecule is CC(C)(C)c1cc([N]c2ccccc2)c(O)c(C(C)(C)C)c1. The molecule has 0 atom stereocenters. The van der Waals surface area contributed by atoms with Gasteiger partial charge in [0.1, 0.15) is 11.4 Å². The number of phenols is 1. The Labute approximate surface area is 134 Å². The van der Waals surface area contributed by atoms with Crippen molar-refractivity contribution in [1.82, 2.24) is 5.32 Å². The molecule has 2 aromatic carbocycles. The van der Waals surface area contributed by atoms with E-state index in [1.165, 1.54) is 5.56 Å². The highest BCUT2D eigenvalue weighted by Gasteiger charge is 2.25.